The molecule has 1 aliphatic heterocycles. The van der Waals surface area contributed by atoms with E-state index in [0.29, 0.717) is 6.61 Å². The molecular weight excluding hydrogens is 242 g/mol. The number of esters is 1. The molecule has 12 heavy (non-hydrogen) atoms. The van der Waals surface area contributed by atoms with Crippen LogP contribution in [-0.4, -0.2) is 16.4 Å². The number of hydrogen-bond acceptors (Lipinski definition) is 4. The van der Waals surface area contributed by atoms with Crippen LogP contribution >= 0.6 is 27.7 Å². The molecule has 0 saturated heterocycles. The lowest BCUT2D eigenvalue weighted by atomic mass is 10.5. The molecule has 1 aliphatic rings. The molecule has 0 bridgehead atoms. The SMILES string of the molecule is CCOC(=O)C1(Br)NC(C)=CS1. The maximum Gasteiger partial charge on any atom is 0.354 e. The van der Waals surface area contributed by atoms with Crippen molar-refractivity contribution < 1.29 is 9.53 Å². The van der Waals surface area contributed by atoms with Gasteiger partial charge in [-0.1, -0.05) is 11.8 Å². The number of allylic oxidation sites excluding steroid dienone is 1. The van der Waals surface area contributed by atoms with Crippen LogP contribution in [0.2, 0.25) is 0 Å². The summed E-state index contributed by atoms with van der Waals surface area (Å²) in [5.74, 6) is -0.289. The van der Waals surface area contributed by atoms with Crippen molar-refractivity contribution in [1.82, 2.24) is 5.32 Å². The fraction of sp³-hybridized carbons (Fsp3) is 0.571. The maximum absolute atomic E-state index is 11.3. The number of nitrogens with one attached hydrogen (secondary N) is 1. The first-order valence-corrected chi connectivity index (χ1v) is 5.24. The normalized spacial score (nSPS) is 27.8. The molecule has 0 saturated carbocycles. The molecule has 0 aromatic carbocycles. The Hall–Kier alpha value is -0.160. The molecule has 0 aliphatic carbocycles. The Morgan fingerprint density at radius 1 is 1.92 bits per heavy atom. The van der Waals surface area contributed by atoms with Gasteiger partial charge in [-0.2, -0.15) is 0 Å². The Morgan fingerprint density at radius 2 is 2.58 bits per heavy atom. The van der Waals surface area contributed by atoms with Crippen molar-refractivity contribution in [2.45, 2.75) is 17.6 Å². The predicted molar refractivity (Wildman–Crippen MR) is 52.8 cm³/mol. The van der Waals surface area contributed by atoms with Crippen molar-refractivity contribution in [2.24, 2.45) is 0 Å². The zero-order chi connectivity index (χ0) is 9.19. The predicted octanol–water partition coefficient (Wildman–Crippen LogP) is 1.80. The molecule has 0 amide bonds. The van der Waals surface area contributed by atoms with Gasteiger partial charge in [-0.3, -0.25) is 0 Å². The lowest BCUT2D eigenvalue weighted by Gasteiger charge is -2.19. The van der Waals surface area contributed by atoms with Gasteiger partial charge in [0.1, 0.15) is 0 Å². The van der Waals surface area contributed by atoms with Gasteiger partial charge < -0.3 is 10.1 Å². The van der Waals surface area contributed by atoms with Crippen LogP contribution in [0.25, 0.3) is 0 Å². The molecule has 1 atom stereocenters. The highest BCUT2D eigenvalue weighted by Gasteiger charge is 2.40. The maximum atomic E-state index is 11.3. The Kier molecular flexibility index (Phi) is 3.06. The highest BCUT2D eigenvalue weighted by atomic mass is 79.9. The highest BCUT2D eigenvalue weighted by molar-refractivity contribution is 9.12. The van der Waals surface area contributed by atoms with Crippen molar-refractivity contribution in [2.75, 3.05) is 6.61 Å². The summed E-state index contributed by atoms with van der Waals surface area (Å²) in [7, 11) is 0. The van der Waals surface area contributed by atoms with Crippen LogP contribution in [0.3, 0.4) is 0 Å². The van der Waals surface area contributed by atoms with Crippen LogP contribution in [0.4, 0.5) is 0 Å². The van der Waals surface area contributed by atoms with Gasteiger partial charge in [0.25, 0.3) is 0 Å². The Bertz CT molecular complexity index is 231. The van der Waals surface area contributed by atoms with Crippen molar-refractivity contribution in [3.63, 3.8) is 0 Å². The minimum Gasteiger partial charge on any atom is -0.463 e. The number of halogens is 1. The van der Waals surface area contributed by atoms with E-state index in [-0.39, 0.29) is 5.97 Å². The summed E-state index contributed by atoms with van der Waals surface area (Å²) in [5, 5.41) is 4.86. The molecule has 1 unspecified atom stereocenters. The summed E-state index contributed by atoms with van der Waals surface area (Å²) in [6.07, 6.45) is 0. The Balaban J connectivity index is 2.57. The van der Waals surface area contributed by atoms with Gasteiger partial charge in [0.2, 0.25) is 3.78 Å². The van der Waals surface area contributed by atoms with Crippen LogP contribution in [-0.2, 0) is 9.53 Å². The van der Waals surface area contributed by atoms with Crippen molar-refractivity contribution >= 4 is 33.7 Å². The average molecular weight is 252 g/mol. The van der Waals surface area contributed by atoms with Crippen molar-refractivity contribution in [3.8, 4) is 0 Å². The van der Waals surface area contributed by atoms with Gasteiger partial charge >= 0.3 is 5.97 Å². The van der Waals surface area contributed by atoms with Crippen LogP contribution in [0, 0.1) is 0 Å². The zero-order valence-corrected chi connectivity index (χ0v) is 9.29. The third-order valence-electron chi connectivity index (χ3n) is 1.29. The van der Waals surface area contributed by atoms with Gasteiger partial charge in [0, 0.05) is 5.70 Å². The monoisotopic (exact) mass is 251 g/mol. The van der Waals surface area contributed by atoms with E-state index < -0.39 is 3.78 Å². The number of thioether (sulfide) groups is 1. The number of rotatable bonds is 2. The summed E-state index contributed by atoms with van der Waals surface area (Å²) in [5.41, 5.74) is 0.963. The smallest absolute Gasteiger partial charge is 0.354 e. The lowest BCUT2D eigenvalue weighted by Crippen LogP contribution is -2.40. The molecule has 5 heteroatoms. The van der Waals surface area contributed by atoms with Gasteiger partial charge in [-0.05, 0) is 35.2 Å². The first-order valence-electron chi connectivity index (χ1n) is 3.57. The third-order valence-corrected chi connectivity index (χ3v) is 3.44. The van der Waals surface area contributed by atoms with Gasteiger partial charge in [0.15, 0.2) is 0 Å². The number of carbonyl (C=O) groups is 1. The second kappa shape index (κ2) is 3.70. The second-order valence-electron chi connectivity index (χ2n) is 2.36. The van der Waals surface area contributed by atoms with E-state index in [0.717, 1.165) is 5.70 Å². The zero-order valence-electron chi connectivity index (χ0n) is 6.89. The molecule has 1 rings (SSSR count). The number of alkyl halides is 1. The van der Waals surface area contributed by atoms with E-state index in [1.54, 1.807) is 6.92 Å². The van der Waals surface area contributed by atoms with E-state index in [1.165, 1.54) is 11.8 Å². The Labute approximate surface area is 84.0 Å². The summed E-state index contributed by atoms with van der Waals surface area (Å²) in [6, 6.07) is 0. The fourth-order valence-corrected chi connectivity index (χ4v) is 2.29. The van der Waals surface area contributed by atoms with Gasteiger partial charge in [0.05, 0.1) is 6.61 Å². The first-order chi connectivity index (χ1) is 5.58. The number of hydrogen-bond donors (Lipinski definition) is 1. The van der Waals surface area contributed by atoms with E-state index in [4.69, 9.17) is 4.74 Å². The van der Waals surface area contributed by atoms with Crippen LogP contribution in [0.1, 0.15) is 13.8 Å². The first kappa shape index (κ1) is 9.92. The standard InChI is InChI=1S/C7H10BrNO2S/c1-3-11-6(10)7(8)9-5(2)4-12-7/h4,9H,3H2,1-2H3. The molecule has 0 spiro atoms. The van der Waals surface area contributed by atoms with E-state index in [2.05, 4.69) is 21.2 Å². The van der Waals surface area contributed by atoms with Gasteiger partial charge in [-0.25, -0.2) is 4.79 Å². The molecular formula is C7H10BrNO2S. The number of ether oxygens (including phenoxy) is 1. The molecule has 68 valence electrons. The fourth-order valence-electron chi connectivity index (χ4n) is 0.805. The van der Waals surface area contributed by atoms with Crippen molar-refractivity contribution in [3.05, 3.63) is 11.1 Å². The summed E-state index contributed by atoms with van der Waals surface area (Å²) < 4.78 is 4.08. The molecule has 0 fully saturated rings. The second-order valence-corrected chi connectivity index (χ2v) is 5.16. The van der Waals surface area contributed by atoms with Gasteiger partial charge in [-0.15, -0.1) is 0 Å². The molecule has 0 radical (unpaired) electrons. The summed E-state index contributed by atoms with van der Waals surface area (Å²) in [6.45, 7) is 4.08. The molecule has 1 heterocycles. The quantitative estimate of drug-likeness (QED) is 0.462. The summed E-state index contributed by atoms with van der Waals surface area (Å²) >= 11 is 4.65. The van der Waals surface area contributed by atoms with E-state index >= 15 is 0 Å². The third kappa shape index (κ3) is 1.95. The van der Waals surface area contributed by atoms with E-state index in [1.807, 2.05) is 12.3 Å². The summed E-state index contributed by atoms with van der Waals surface area (Å²) in [4.78, 5) is 11.3. The lowest BCUT2D eigenvalue weighted by molar-refractivity contribution is -0.143. The van der Waals surface area contributed by atoms with Crippen LogP contribution in [0.15, 0.2) is 11.1 Å². The largest absolute Gasteiger partial charge is 0.463 e. The van der Waals surface area contributed by atoms with Crippen LogP contribution in [0.5, 0.6) is 0 Å². The molecule has 1 N–H and O–H groups in total. The minimum atomic E-state index is -0.799. The average Bonchev–Trinajstić information content (AvgIpc) is 2.33. The molecule has 0 aromatic rings. The highest BCUT2D eigenvalue weighted by Crippen LogP contribution is 2.38. The van der Waals surface area contributed by atoms with E-state index in [9.17, 15) is 4.79 Å². The minimum absolute atomic E-state index is 0.289. The Morgan fingerprint density at radius 3 is 3.00 bits per heavy atom. The molecule has 3 nitrogen and oxygen atoms in total. The van der Waals surface area contributed by atoms with Crippen molar-refractivity contribution in [1.29, 1.82) is 0 Å². The topological polar surface area (TPSA) is 38.3 Å². The number of carbonyl (C=O) groups excluding carboxylic acids is 1. The molecule has 0 aromatic heterocycles. The van der Waals surface area contributed by atoms with Crippen LogP contribution < -0.4 is 5.32 Å².